The van der Waals surface area contributed by atoms with Crippen molar-refractivity contribution in [3.05, 3.63) is 72.1 Å². The van der Waals surface area contributed by atoms with Crippen LogP contribution >= 0.6 is 0 Å². The van der Waals surface area contributed by atoms with Crippen LogP contribution in [0.5, 0.6) is 11.5 Å². The minimum Gasteiger partial charge on any atom is -0.454 e. The van der Waals surface area contributed by atoms with Crippen molar-refractivity contribution in [2.75, 3.05) is 13.3 Å². The number of halogens is 1. The smallest absolute Gasteiger partial charge is 0.231 e. The zero-order valence-corrected chi connectivity index (χ0v) is 14.7. The van der Waals surface area contributed by atoms with E-state index < -0.39 is 6.10 Å². The molecule has 0 fully saturated rings. The van der Waals surface area contributed by atoms with Gasteiger partial charge in [-0.05, 0) is 48.2 Å². The van der Waals surface area contributed by atoms with E-state index >= 15 is 0 Å². The predicted molar refractivity (Wildman–Crippen MR) is 98.5 cm³/mol. The van der Waals surface area contributed by atoms with Crippen LogP contribution in [0, 0.1) is 5.82 Å². The summed E-state index contributed by atoms with van der Waals surface area (Å²) in [7, 11) is 0. The molecule has 0 saturated carbocycles. The Morgan fingerprint density at radius 2 is 1.77 bits per heavy atom. The molecule has 2 aromatic rings. The lowest BCUT2D eigenvalue weighted by Crippen LogP contribution is -2.31. The quantitative estimate of drug-likeness (QED) is 0.692. The molecule has 5 heteroatoms. The van der Waals surface area contributed by atoms with Crippen molar-refractivity contribution in [1.29, 1.82) is 0 Å². The van der Waals surface area contributed by atoms with Gasteiger partial charge in [0.15, 0.2) is 11.5 Å². The van der Waals surface area contributed by atoms with Crippen molar-refractivity contribution in [2.24, 2.45) is 0 Å². The highest BCUT2D eigenvalue weighted by Crippen LogP contribution is 2.33. The molecule has 0 aromatic heterocycles. The van der Waals surface area contributed by atoms with E-state index in [2.05, 4.69) is 11.5 Å². The maximum absolute atomic E-state index is 13.2. The highest BCUT2D eigenvalue weighted by Gasteiger charge is 2.17. The van der Waals surface area contributed by atoms with E-state index in [1.807, 2.05) is 24.3 Å². The van der Waals surface area contributed by atoms with Crippen LogP contribution in [-0.2, 0) is 13.1 Å². The summed E-state index contributed by atoms with van der Waals surface area (Å²) in [6.45, 7) is 5.76. The number of fused-ring (bicyclic) bond motifs is 1. The van der Waals surface area contributed by atoms with Crippen LogP contribution in [0.3, 0.4) is 0 Å². The fourth-order valence-electron chi connectivity index (χ4n) is 3.03. The topological polar surface area (TPSA) is 41.9 Å². The van der Waals surface area contributed by atoms with Gasteiger partial charge in [-0.25, -0.2) is 4.39 Å². The van der Waals surface area contributed by atoms with E-state index in [9.17, 15) is 9.50 Å². The summed E-state index contributed by atoms with van der Waals surface area (Å²) >= 11 is 0. The van der Waals surface area contributed by atoms with Crippen LogP contribution in [-0.4, -0.2) is 29.4 Å². The molecule has 26 heavy (non-hydrogen) atoms. The van der Waals surface area contributed by atoms with E-state index in [4.69, 9.17) is 9.47 Å². The molecule has 138 valence electrons. The molecule has 1 unspecified atom stereocenters. The van der Waals surface area contributed by atoms with Gasteiger partial charge in [-0.1, -0.05) is 24.3 Å². The van der Waals surface area contributed by atoms with Gasteiger partial charge in [0.1, 0.15) is 5.82 Å². The van der Waals surface area contributed by atoms with Crippen molar-refractivity contribution in [3.8, 4) is 11.5 Å². The van der Waals surface area contributed by atoms with Gasteiger partial charge in [0.05, 0.1) is 6.10 Å². The zero-order chi connectivity index (χ0) is 18.4. The second-order valence-electron chi connectivity index (χ2n) is 6.50. The standard InChI is InChI=1S/C21H24FNO3/c1-2-3-4-19(24)14-23(12-16-5-8-18(22)9-6-16)13-17-7-10-20-21(11-17)26-15-25-20/h2,5-11,19,24H,1,3-4,12-15H2. The molecular weight excluding hydrogens is 333 g/mol. The molecule has 0 spiro atoms. The number of aliphatic hydroxyl groups excluding tert-OH is 1. The average Bonchev–Trinajstić information content (AvgIpc) is 3.09. The molecule has 1 N–H and O–H groups in total. The number of allylic oxidation sites excluding steroid dienone is 1. The minimum atomic E-state index is -0.442. The molecule has 1 aliphatic rings. The van der Waals surface area contributed by atoms with Crippen molar-refractivity contribution in [2.45, 2.75) is 32.0 Å². The number of aliphatic hydroxyl groups is 1. The summed E-state index contributed by atoms with van der Waals surface area (Å²) in [6.07, 6.45) is 2.81. The Hall–Kier alpha value is -2.37. The van der Waals surface area contributed by atoms with Crippen LogP contribution in [0.1, 0.15) is 24.0 Å². The second kappa shape index (κ2) is 8.83. The van der Waals surface area contributed by atoms with E-state index in [1.165, 1.54) is 12.1 Å². The molecule has 1 aliphatic heterocycles. The van der Waals surface area contributed by atoms with Gasteiger partial charge in [-0.2, -0.15) is 0 Å². The van der Waals surface area contributed by atoms with Crippen LogP contribution in [0.25, 0.3) is 0 Å². The highest BCUT2D eigenvalue weighted by atomic mass is 19.1. The summed E-state index contributed by atoms with van der Waals surface area (Å²) in [6, 6.07) is 12.3. The molecule has 1 heterocycles. The molecule has 0 aliphatic carbocycles. The van der Waals surface area contributed by atoms with E-state index in [0.717, 1.165) is 29.0 Å². The Morgan fingerprint density at radius 1 is 1.08 bits per heavy atom. The first-order valence-electron chi connectivity index (χ1n) is 8.78. The molecule has 3 rings (SSSR count). The summed E-state index contributed by atoms with van der Waals surface area (Å²) in [5, 5.41) is 10.3. The lowest BCUT2D eigenvalue weighted by Gasteiger charge is -2.25. The van der Waals surface area contributed by atoms with E-state index in [1.54, 1.807) is 12.1 Å². The normalized spacial score (nSPS) is 13.8. The highest BCUT2D eigenvalue weighted by molar-refractivity contribution is 5.44. The third-order valence-corrected chi connectivity index (χ3v) is 4.34. The lowest BCUT2D eigenvalue weighted by atomic mass is 10.1. The van der Waals surface area contributed by atoms with E-state index in [0.29, 0.717) is 26.1 Å². The van der Waals surface area contributed by atoms with E-state index in [-0.39, 0.29) is 12.6 Å². The molecular formula is C21H24FNO3. The first-order chi connectivity index (χ1) is 12.6. The Balaban J connectivity index is 1.70. The molecule has 4 nitrogen and oxygen atoms in total. The molecule has 0 amide bonds. The maximum atomic E-state index is 13.2. The van der Waals surface area contributed by atoms with Gasteiger partial charge in [0.25, 0.3) is 0 Å². The van der Waals surface area contributed by atoms with Gasteiger partial charge in [0.2, 0.25) is 6.79 Å². The van der Waals surface area contributed by atoms with Crippen molar-refractivity contribution >= 4 is 0 Å². The average molecular weight is 357 g/mol. The maximum Gasteiger partial charge on any atom is 0.231 e. The van der Waals surface area contributed by atoms with Gasteiger partial charge >= 0.3 is 0 Å². The second-order valence-corrected chi connectivity index (χ2v) is 6.50. The number of hydrogen-bond donors (Lipinski definition) is 1. The Kier molecular flexibility index (Phi) is 6.26. The van der Waals surface area contributed by atoms with Crippen molar-refractivity contribution in [3.63, 3.8) is 0 Å². The fraction of sp³-hybridized carbons (Fsp3) is 0.333. The number of nitrogens with zero attached hydrogens (tertiary/aromatic N) is 1. The number of ether oxygens (including phenoxy) is 2. The Bertz CT molecular complexity index is 733. The summed E-state index contributed by atoms with van der Waals surface area (Å²) in [5.41, 5.74) is 2.08. The largest absolute Gasteiger partial charge is 0.454 e. The van der Waals surface area contributed by atoms with Crippen LogP contribution in [0.2, 0.25) is 0 Å². The van der Waals surface area contributed by atoms with Gasteiger partial charge in [-0.15, -0.1) is 6.58 Å². The molecule has 0 radical (unpaired) electrons. The first-order valence-corrected chi connectivity index (χ1v) is 8.78. The number of hydrogen-bond acceptors (Lipinski definition) is 4. The zero-order valence-electron chi connectivity index (χ0n) is 14.7. The Labute approximate surface area is 153 Å². The number of benzene rings is 2. The fourth-order valence-corrected chi connectivity index (χ4v) is 3.03. The van der Waals surface area contributed by atoms with Gasteiger partial charge in [-0.3, -0.25) is 4.90 Å². The monoisotopic (exact) mass is 357 g/mol. The molecule has 0 saturated heterocycles. The third-order valence-electron chi connectivity index (χ3n) is 4.34. The van der Waals surface area contributed by atoms with Crippen LogP contribution < -0.4 is 9.47 Å². The third kappa shape index (κ3) is 5.07. The van der Waals surface area contributed by atoms with Gasteiger partial charge in [0, 0.05) is 19.6 Å². The Morgan fingerprint density at radius 3 is 2.54 bits per heavy atom. The summed E-state index contributed by atoms with van der Waals surface area (Å²) < 4.78 is 24.0. The van der Waals surface area contributed by atoms with Crippen LogP contribution in [0.15, 0.2) is 55.1 Å². The molecule has 2 aromatic carbocycles. The van der Waals surface area contributed by atoms with Crippen molar-refractivity contribution in [1.82, 2.24) is 4.90 Å². The molecule has 1 atom stereocenters. The van der Waals surface area contributed by atoms with Crippen molar-refractivity contribution < 1.29 is 19.0 Å². The van der Waals surface area contributed by atoms with Crippen LogP contribution in [0.4, 0.5) is 4.39 Å². The lowest BCUT2D eigenvalue weighted by molar-refractivity contribution is 0.0983. The molecule has 0 bridgehead atoms. The predicted octanol–water partition coefficient (Wildman–Crippen LogP) is 3.88. The summed E-state index contributed by atoms with van der Waals surface area (Å²) in [5.74, 6) is 1.25. The van der Waals surface area contributed by atoms with Gasteiger partial charge < -0.3 is 14.6 Å². The number of rotatable bonds is 9. The SMILES string of the molecule is C=CCCC(O)CN(Cc1ccc(F)cc1)Cc1ccc2c(c1)OCO2. The first kappa shape index (κ1) is 18.4. The minimum absolute atomic E-state index is 0.248. The summed E-state index contributed by atoms with van der Waals surface area (Å²) in [4.78, 5) is 2.15.